The smallest absolute Gasteiger partial charge is 0.0708 e. The summed E-state index contributed by atoms with van der Waals surface area (Å²) in [5.41, 5.74) is 1.69. The summed E-state index contributed by atoms with van der Waals surface area (Å²) in [5, 5.41) is 3.83. The normalized spacial score (nSPS) is 29.9. The highest BCUT2D eigenvalue weighted by atomic mass is 16.5. The van der Waals surface area contributed by atoms with Gasteiger partial charge in [0.2, 0.25) is 0 Å². The molecule has 2 unspecified atom stereocenters. The van der Waals surface area contributed by atoms with Crippen LogP contribution in [-0.4, -0.2) is 42.3 Å². The molecule has 3 aliphatic rings. The van der Waals surface area contributed by atoms with Crippen molar-refractivity contribution in [1.82, 2.24) is 10.2 Å². The lowest BCUT2D eigenvalue weighted by atomic mass is 9.83. The predicted octanol–water partition coefficient (Wildman–Crippen LogP) is 4.12. The standard InChI is InChI=1S/C22H34N2O/c1-3-8-19(9-4-1)17-24-15-7-10-20(18-24)23-16-21-11-14-22(25-21)12-5-2-6-13-22/h1,3-4,8-9,20-21,23H,2,5-7,10-18H2. The molecule has 138 valence electrons. The van der Waals surface area contributed by atoms with Crippen LogP contribution in [0.1, 0.15) is 63.4 Å². The van der Waals surface area contributed by atoms with Crippen molar-refractivity contribution in [1.29, 1.82) is 0 Å². The van der Waals surface area contributed by atoms with E-state index in [0.717, 1.165) is 13.1 Å². The Balaban J connectivity index is 1.22. The first-order chi connectivity index (χ1) is 12.3. The van der Waals surface area contributed by atoms with Crippen molar-refractivity contribution in [2.75, 3.05) is 19.6 Å². The summed E-state index contributed by atoms with van der Waals surface area (Å²) in [4.78, 5) is 2.61. The van der Waals surface area contributed by atoms with Gasteiger partial charge in [-0.1, -0.05) is 49.6 Å². The van der Waals surface area contributed by atoms with Crippen LogP contribution in [0.25, 0.3) is 0 Å². The quantitative estimate of drug-likeness (QED) is 0.871. The number of rotatable bonds is 5. The van der Waals surface area contributed by atoms with Crippen molar-refractivity contribution >= 4 is 0 Å². The lowest BCUT2D eigenvalue weighted by Crippen LogP contribution is -2.47. The summed E-state index contributed by atoms with van der Waals surface area (Å²) in [7, 11) is 0. The number of likely N-dealkylation sites (tertiary alicyclic amines) is 1. The molecule has 3 heteroatoms. The fraction of sp³-hybridized carbons (Fsp3) is 0.727. The molecule has 4 rings (SSSR count). The molecule has 1 aromatic rings. The zero-order valence-corrected chi connectivity index (χ0v) is 15.6. The van der Waals surface area contributed by atoms with Crippen molar-refractivity contribution in [3.05, 3.63) is 35.9 Å². The number of hydrogen-bond donors (Lipinski definition) is 1. The van der Waals surface area contributed by atoms with Crippen LogP contribution in [-0.2, 0) is 11.3 Å². The van der Waals surface area contributed by atoms with Gasteiger partial charge in [0.05, 0.1) is 11.7 Å². The van der Waals surface area contributed by atoms with Gasteiger partial charge < -0.3 is 10.1 Å². The molecule has 1 N–H and O–H groups in total. The fourth-order valence-electron chi connectivity index (χ4n) is 5.11. The minimum absolute atomic E-state index is 0.260. The van der Waals surface area contributed by atoms with Gasteiger partial charge in [-0.3, -0.25) is 4.90 Å². The Morgan fingerprint density at radius 1 is 1.00 bits per heavy atom. The Kier molecular flexibility index (Phi) is 5.74. The van der Waals surface area contributed by atoms with Gasteiger partial charge in [0.25, 0.3) is 0 Å². The van der Waals surface area contributed by atoms with Crippen molar-refractivity contribution in [3.8, 4) is 0 Å². The van der Waals surface area contributed by atoms with Gasteiger partial charge in [-0.15, -0.1) is 0 Å². The third kappa shape index (κ3) is 4.64. The highest BCUT2D eigenvalue weighted by molar-refractivity contribution is 5.14. The van der Waals surface area contributed by atoms with Crippen LogP contribution in [0.2, 0.25) is 0 Å². The monoisotopic (exact) mass is 342 g/mol. The van der Waals surface area contributed by atoms with Gasteiger partial charge >= 0.3 is 0 Å². The Labute approximate surface area is 153 Å². The number of piperidine rings is 1. The Hall–Kier alpha value is -0.900. The maximum atomic E-state index is 6.53. The van der Waals surface area contributed by atoms with E-state index < -0.39 is 0 Å². The molecule has 1 spiro atoms. The SMILES string of the molecule is c1ccc(CN2CCCC(NCC3CCC4(CCCCC4)O3)C2)cc1. The molecule has 3 fully saturated rings. The van der Waals surface area contributed by atoms with Crippen LogP contribution in [0.15, 0.2) is 30.3 Å². The van der Waals surface area contributed by atoms with Crippen LogP contribution in [0.4, 0.5) is 0 Å². The summed E-state index contributed by atoms with van der Waals surface area (Å²) < 4.78 is 6.53. The van der Waals surface area contributed by atoms with E-state index in [-0.39, 0.29) is 5.60 Å². The summed E-state index contributed by atoms with van der Waals surface area (Å²) in [6, 6.07) is 11.5. The van der Waals surface area contributed by atoms with E-state index in [1.165, 1.54) is 76.4 Å². The molecule has 25 heavy (non-hydrogen) atoms. The van der Waals surface area contributed by atoms with E-state index in [1.54, 1.807) is 0 Å². The summed E-state index contributed by atoms with van der Waals surface area (Å²) in [6.45, 7) is 4.54. The Morgan fingerprint density at radius 2 is 1.84 bits per heavy atom. The molecule has 1 aromatic carbocycles. The van der Waals surface area contributed by atoms with Gasteiger partial charge in [0.15, 0.2) is 0 Å². The van der Waals surface area contributed by atoms with Crippen LogP contribution in [0, 0.1) is 0 Å². The van der Waals surface area contributed by atoms with E-state index in [1.807, 2.05) is 0 Å². The first-order valence-electron chi connectivity index (χ1n) is 10.5. The minimum Gasteiger partial charge on any atom is -0.370 e. The van der Waals surface area contributed by atoms with Gasteiger partial charge in [-0.05, 0) is 50.6 Å². The maximum Gasteiger partial charge on any atom is 0.0708 e. The first kappa shape index (κ1) is 17.5. The lowest BCUT2D eigenvalue weighted by Gasteiger charge is -2.35. The minimum atomic E-state index is 0.260. The van der Waals surface area contributed by atoms with Gasteiger partial charge in [0, 0.05) is 25.7 Å². The average molecular weight is 343 g/mol. The van der Waals surface area contributed by atoms with Crippen molar-refractivity contribution in [2.45, 2.75) is 82.1 Å². The molecule has 2 atom stereocenters. The summed E-state index contributed by atoms with van der Waals surface area (Å²) in [5.74, 6) is 0. The number of ether oxygens (including phenoxy) is 1. The zero-order chi connectivity index (χ0) is 17.0. The Bertz CT molecular complexity index is 526. The van der Waals surface area contributed by atoms with E-state index in [2.05, 4.69) is 40.5 Å². The van der Waals surface area contributed by atoms with Crippen molar-refractivity contribution in [2.24, 2.45) is 0 Å². The maximum absolute atomic E-state index is 6.53. The second-order valence-corrected chi connectivity index (χ2v) is 8.49. The average Bonchev–Trinajstić information content (AvgIpc) is 3.04. The van der Waals surface area contributed by atoms with Gasteiger partial charge in [-0.25, -0.2) is 0 Å². The van der Waals surface area contributed by atoms with Crippen LogP contribution in [0.5, 0.6) is 0 Å². The molecule has 1 saturated carbocycles. The van der Waals surface area contributed by atoms with Crippen molar-refractivity contribution < 1.29 is 4.74 Å². The number of nitrogens with one attached hydrogen (secondary N) is 1. The highest BCUT2D eigenvalue weighted by Gasteiger charge is 2.40. The summed E-state index contributed by atoms with van der Waals surface area (Å²) in [6.07, 6.45) is 12.4. The summed E-state index contributed by atoms with van der Waals surface area (Å²) >= 11 is 0. The van der Waals surface area contributed by atoms with E-state index in [4.69, 9.17) is 4.74 Å². The third-order valence-electron chi connectivity index (χ3n) is 6.49. The molecular weight excluding hydrogens is 308 g/mol. The largest absolute Gasteiger partial charge is 0.370 e. The van der Waals surface area contributed by atoms with Crippen molar-refractivity contribution in [3.63, 3.8) is 0 Å². The Morgan fingerprint density at radius 3 is 2.68 bits per heavy atom. The molecule has 0 aromatic heterocycles. The molecule has 3 nitrogen and oxygen atoms in total. The number of benzene rings is 1. The molecule has 2 saturated heterocycles. The fourth-order valence-corrected chi connectivity index (χ4v) is 5.11. The number of hydrogen-bond acceptors (Lipinski definition) is 3. The predicted molar refractivity (Wildman–Crippen MR) is 103 cm³/mol. The van der Waals surface area contributed by atoms with E-state index in [0.29, 0.717) is 12.1 Å². The second-order valence-electron chi connectivity index (χ2n) is 8.49. The molecule has 2 heterocycles. The molecular formula is C22H34N2O. The third-order valence-corrected chi connectivity index (χ3v) is 6.49. The highest BCUT2D eigenvalue weighted by Crippen LogP contribution is 2.41. The molecule has 2 aliphatic heterocycles. The van der Waals surface area contributed by atoms with Gasteiger partial charge in [-0.2, -0.15) is 0 Å². The topological polar surface area (TPSA) is 24.5 Å². The first-order valence-corrected chi connectivity index (χ1v) is 10.5. The molecule has 0 radical (unpaired) electrons. The number of nitrogens with zero attached hydrogens (tertiary/aromatic N) is 1. The van der Waals surface area contributed by atoms with E-state index >= 15 is 0 Å². The molecule has 1 aliphatic carbocycles. The molecule has 0 bridgehead atoms. The van der Waals surface area contributed by atoms with Crippen LogP contribution in [0.3, 0.4) is 0 Å². The molecule has 0 amide bonds. The zero-order valence-electron chi connectivity index (χ0n) is 15.6. The van der Waals surface area contributed by atoms with E-state index in [9.17, 15) is 0 Å². The van der Waals surface area contributed by atoms with Gasteiger partial charge in [0.1, 0.15) is 0 Å². The lowest BCUT2D eigenvalue weighted by molar-refractivity contribution is -0.0634. The van der Waals surface area contributed by atoms with Crippen LogP contribution < -0.4 is 5.32 Å². The van der Waals surface area contributed by atoms with Crippen LogP contribution >= 0.6 is 0 Å². The second kappa shape index (κ2) is 8.20.